The number of aromatic nitrogens is 4. The summed E-state index contributed by atoms with van der Waals surface area (Å²) in [6.45, 7) is 3.43. The van der Waals surface area contributed by atoms with Gasteiger partial charge in [0.25, 0.3) is 0 Å². The highest BCUT2D eigenvalue weighted by molar-refractivity contribution is 5.84. The molecule has 10 nitrogen and oxygen atoms in total. The molecule has 0 amide bonds. The van der Waals surface area contributed by atoms with Crippen molar-refractivity contribution < 1.29 is 14.2 Å². The second-order valence-electron chi connectivity index (χ2n) is 7.21. The van der Waals surface area contributed by atoms with Crippen molar-refractivity contribution in [3.05, 3.63) is 53.7 Å². The molecular weight excluding hydrogens is 415 g/mol. The van der Waals surface area contributed by atoms with E-state index in [2.05, 4.69) is 30.6 Å². The molecule has 0 saturated carbocycles. The summed E-state index contributed by atoms with van der Waals surface area (Å²) in [4.78, 5) is 10.8. The largest absolute Gasteiger partial charge is 0.394 e. The van der Waals surface area contributed by atoms with Crippen LogP contribution in [0.1, 0.15) is 11.1 Å². The standard InChI is InChI=1S/C21H25FN8O2/c22-19-2-1-18(29-4-7-32-8-5-29)9-15(19)11-24-20-16(10-23)12-25-21(28-20)27-17-13-26-30(14-17)3-6-31/h1-2,9-10,12-14,23,31H,3-8,11H2,(H2,24,25,27,28). The topological polar surface area (TPSA) is 124 Å². The molecule has 2 aromatic heterocycles. The maximum absolute atomic E-state index is 14.5. The predicted octanol–water partition coefficient (Wildman–Crippen LogP) is 1.99. The van der Waals surface area contributed by atoms with Gasteiger partial charge in [-0.15, -0.1) is 0 Å². The Labute approximate surface area is 184 Å². The summed E-state index contributed by atoms with van der Waals surface area (Å²) >= 11 is 0. The van der Waals surface area contributed by atoms with E-state index in [1.807, 2.05) is 6.07 Å². The number of halogens is 1. The number of hydrogen-bond acceptors (Lipinski definition) is 9. The Bertz CT molecular complexity index is 1070. The van der Waals surface area contributed by atoms with Crippen LogP contribution in [0, 0.1) is 11.2 Å². The zero-order valence-corrected chi connectivity index (χ0v) is 17.5. The van der Waals surface area contributed by atoms with Crippen LogP contribution < -0.4 is 15.5 Å². The Kier molecular flexibility index (Phi) is 6.87. The van der Waals surface area contributed by atoms with Crippen molar-refractivity contribution in [2.75, 3.05) is 48.4 Å². The second kappa shape index (κ2) is 10.2. The van der Waals surface area contributed by atoms with Crippen LogP contribution in [-0.4, -0.2) is 64.0 Å². The van der Waals surface area contributed by atoms with Crippen molar-refractivity contribution in [2.24, 2.45) is 0 Å². The monoisotopic (exact) mass is 440 g/mol. The molecule has 3 heterocycles. The molecule has 32 heavy (non-hydrogen) atoms. The minimum atomic E-state index is -0.311. The number of nitrogens with zero attached hydrogens (tertiary/aromatic N) is 5. The van der Waals surface area contributed by atoms with Crippen LogP contribution in [-0.2, 0) is 17.8 Å². The fourth-order valence-corrected chi connectivity index (χ4v) is 3.37. The Hall–Kier alpha value is -3.57. The lowest BCUT2D eigenvalue weighted by Gasteiger charge is -2.29. The second-order valence-corrected chi connectivity index (χ2v) is 7.21. The smallest absolute Gasteiger partial charge is 0.229 e. The highest BCUT2D eigenvalue weighted by atomic mass is 19.1. The van der Waals surface area contributed by atoms with Gasteiger partial charge >= 0.3 is 0 Å². The highest BCUT2D eigenvalue weighted by Gasteiger charge is 2.14. The van der Waals surface area contributed by atoms with Crippen LogP contribution >= 0.6 is 0 Å². The van der Waals surface area contributed by atoms with Gasteiger partial charge in [0.15, 0.2) is 0 Å². The number of ether oxygens (including phenoxy) is 1. The third-order valence-electron chi connectivity index (χ3n) is 5.04. The molecule has 1 fully saturated rings. The first-order chi connectivity index (χ1) is 15.7. The van der Waals surface area contributed by atoms with E-state index in [1.54, 1.807) is 23.1 Å². The van der Waals surface area contributed by atoms with E-state index in [-0.39, 0.29) is 19.0 Å². The Morgan fingerprint density at radius 2 is 2.09 bits per heavy atom. The first-order valence-corrected chi connectivity index (χ1v) is 10.3. The van der Waals surface area contributed by atoms with E-state index in [0.29, 0.717) is 48.3 Å². The molecule has 168 valence electrons. The molecule has 1 aliphatic heterocycles. The van der Waals surface area contributed by atoms with Gasteiger partial charge in [0.05, 0.1) is 43.8 Å². The van der Waals surface area contributed by atoms with Crippen LogP contribution in [0.4, 0.5) is 27.5 Å². The molecule has 4 N–H and O–H groups in total. The van der Waals surface area contributed by atoms with Crippen molar-refractivity contribution in [1.82, 2.24) is 19.7 Å². The SMILES string of the molecule is N=Cc1cnc(Nc2cnn(CCO)c2)nc1NCc1cc(N2CCOCC2)ccc1F. The summed E-state index contributed by atoms with van der Waals surface area (Å²) < 4.78 is 21.4. The number of rotatable bonds is 9. The van der Waals surface area contributed by atoms with Crippen LogP contribution in [0.2, 0.25) is 0 Å². The fraction of sp³-hybridized carbons (Fsp3) is 0.333. The van der Waals surface area contributed by atoms with E-state index in [4.69, 9.17) is 15.3 Å². The zero-order chi connectivity index (χ0) is 22.3. The first kappa shape index (κ1) is 21.7. The van der Waals surface area contributed by atoms with E-state index in [9.17, 15) is 4.39 Å². The molecule has 1 aliphatic rings. The average Bonchev–Trinajstić information content (AvgIpc) is 3.26. The van der Waals surface area contributed by atoms with Crippen molar-refractivity contribution >= 4 is 29.4 Å². The molecule has 4 rings (SSSR count). The molecule has 0 radical (unpaired) electrons. The minimum absolute atomic E-state index is 0.0109. The molecule has 0 unspecified atom stereocenters. The lowest BCUT2D eigenvalue weighted by molar-refractivity contribution is 0.122. The van der Waals surface area contributed by atoms with E-state index in [0.717, 1.165) is 25.0 Å². The van der Waals surface area contributed by atoms with Gasteiger partial charge in [-0.3, -0.25) is 4.68 Å². The molecule has 0 bridgehead atoms. The highest BCUT2D eigenvalue weighted by Crippen LogP contribution is 2.22. The third kappa shape index (κ3) is 5.18. The van der Waals surface area contributed by atoms with Crippen LogP contribution in [0.3, 0.4) is 0 Å². The number of hydrogen-bond donors (Lipinski definition) is 4. The van der Waals surface area contributed by atoms with E-state index >= 15 is 0 Å². The summed E-state index contributed by atoms with van der Waals surface area (Å²) in [6, 6.07) is 5.07. The first-order valence-electron chi connectivity index (χ1n) is 10.3. The average molecular weight is 440 g/mol. The predicted molar refractivity (Wildman–Crippen MR) is 119 cm³/mol. The molecule has 0 spiro atoms. The van der Waals surface area contributed by atoms with E-state index < -0.39 is 0 Å². The molecule has 1 saturated heterocycles. The fourth-order valence-electron chi connectivity index (χ4n) is 3.37. The van der Waals surface area contributed by atoms with Gasteiger partial charge in [-0.25, -0.2) is 9.37 Å². The number of nitrogens with one attached hydrogen (secondary N) is 3. The summed E-state index contributed by atoms with van der Waals surface area (Å²) in [6.07, 6.45) is 5.99. The van der Waals surface area contributed by atoms with Gasteiger partial charge in [0, 0.05) is 49.5 Å². The van der Waals surface area contributed by atoms with Gasteiger partial charge in [-0.1, -0.05) is 0 Å². The van der Waals surface area contributed by atoms with Crippen LogP contribution in [0.15, 0.2) is 36.8 Å². The zero-order valence-electron chi connectivity index (χ0n) is 17.5. The van der Waals surface area contributed by atoms with Crippen molar-refractivity contribution in [3.63, 3.8) is 0 Å². The molecule has 0 atom stereocenters. The molecule has 3 aromatic rings. The maximum Gasteiger partial charge on any atom is 0.229 e. The van der Waals surface area contributed by atoms with Gasteiger partial charge in [-0.05, 0) is 18.2 Å². The molecular formula is C21H25FN8O2. The Balaban J connectivity index is 1.48. The molecule has 0 aliphatic carbocycles. The minimum Gasteiger partial charge on any atom is -0.394 e. The van der Waals surface area contributed by atoms with Crippen molar-refractivity contribution in [3.8, 4) is 0 Å². The quantitative estimate of drug-likeness (QED) is 0.373. The van der Waals surface area contributed by atoms with Gasteiger partial charge in [0.2, 0.25) is 5.95 Å². The Morgan fingerprint density at radius 3 is 2.88 bits per heavy atom. The summed E-state index contributed by atoms with van der Waals surface area (Å²) in [5, 5.41) is 26.9. The van der Waals surface area contributed by atoms with Crippen molar-refractivity contribution in [2.45, 2.75) is 13.1 Å². The summed E-state index contributed by atoms with van der Waals surface area (Å²) in [7, 11) is 0. The van der Waals surface area contributed by atoms with Gasteiger partial charge < -0.3 is 30.8 Å². The number of benzene rings is 1. The number of morpholine rings is 1. The number of aliphatic hydroxyl groups is 1. The normalized spacial score (nSPS) is 13.8. The van der Waals surface area contributed by atoms with Crippen LogP contribution in [0.25, 0.3) is 0 Å². The van der Waals surface area contributed by atoms with Gasteiger partial charge in [-0.2, -0.15) is 10.1 Å². The van der Waals surface area contributed by atoms with Gasteiger partial charge in [0.1, 0.15) is 11.6 Å². The molecule has 11 heteroatoms. The molecule has 1 aromatic carbocycles. The lowest BCUT2D eigenvalue weighted by atomic mass is 10.1. The van der Waals surface area contributed by atoms with Crippen LogP contribution in [0.5, 0.6) is 0 Å². The Morgan fingerprint density at radius 1 is 1.25 bits per heavy atom. The van der Waals surface area contributed by atoms with Crippen molar-refractivity contribution in [1.29, 1.82) is 5.41 Å². The van der Waals surface area contributed by atoms with E-state index in [1.165, 1.54) is 12.3 Å². The number of anilines is 4. The lowest BCUT2D eigenvalue weighted by Crippen LogP contribution is -2.36. The summed E-state index contributed by atoms with van der Waals surface area (Å²) in [5.74, 6) is 0.412. The third-order valence-corrected chi connectivity index (χ3v) is 5.04. The summed E-state index contributed by atoms with van der Waals surface area (Å²) in [5.41, 5.74) is 2.60. The number of aliphatic hydroxyl groups excluding tert-OH is 1. The maximum atomic E-state index is 14.5.